The minimum Gasteiger partial charge on any atom is -0.462 e. The molecule has 1 unspecified atom stereocenters. The summed E-state index contributed by atoms with van der Waals surface area (Å²) in [6, 6.07) is 7.56. The second kappa shape index (κ2) is 9.30. The van der Waals surface area contributed by atoms with Crippen LogP contribution in [0.1, 0.15) is 41.6 Å². The molecule has 8 nitrogen and oxygen atoms in total. The van der Waals surface area contributed by atoms with Crippen LogP contribution in [-0.2, 0) is 20.7 Å². The maximum atomic E-state index is 12.9. The van der Waals surface area contributed by atoms with E-state index in [0.29, 0.717) is 22.7 Å². The molecule has 31 heavy (non-hydrogen) atoms. The van der Waals surface area contributed by atoms with Gasteiger partial charge < -0.3 is 10.1 Å². The summed E-state index contributed by atoms with van der Waals surface area (Å²) < 4.78 is 5.12. The second-order valence-electron chi connectivity index (χ2n) is 7.07. The van der Waals surface area contributed by atoms with Crippen molar-refractivity contribution < 1.29 is 23.9 Å². The first-order chi connectivity index (χ1) is 14.8. The first kappa shape index (κ1) is 22.5. The van der Waals surface area contributed by atoms with Crippen molar-refractivity contribution in [2.24, 2.45) is 0 Å². The van der Waals surface area contributed by atoms with Gasteiger partial charge in [-0.05, 0) is 44.9 Å². The molecule has 1 N–H and O–H groups in total. The third-order valence-corrected chi connectivity index (χ3v) is 6.43. The molecule has 0 saturated carbocycles. The van der Waals surface area contributed by atoms with Crippen molar-refractivity contribution in [3.63, 3.8) is 0 Å². The Balaban J connectivity index is 1.79. The summed E-state index contributed by atoms with van der Waals surface area (Å²) in [6.07, 6.45) is 0.700. The molecular formula is C22H25N3O5S. The first-order valence-corrected chi connectivity index (χ1v) is 10.9. The predicted molar refractivity (Wildman–Crippen MR) is 119 cm³/mol. The van der Waals surface area contributed by atoms with Crippen LogP contribution >= 0.6 is 11.3 Å². The van der Waals surface area contributed by atoms with E-state index in [1.54, 1.807) is 38.1 Å². The molecular weight excluding hydrogens is 418 g/mol. The fraction of sp³-hybridized carbons (Fsp3) is 0.364. The molecule has 1 aromatic heterocycles. The van der Waals surface area contributed by atoms with Crippen LogP contribution < -0.4 is 10.2 Å². The molecule has 2 aromatic rings. The van der Waals surface area contributed by atoms with Crippen LogP contribution in [-0.4, -0.2) is 47.9 Å². The van der Waals surface area contributed by atoms with Gasteiger partial charge in [0.05, 0.1) is 12.2 Å². The van der Waals surface area contributed by atoms with Crippen molar-refractivity contribution in [1.82, 2.24) is 4.90 Å². The van der Waals surface area contributed by atoms with E-state index in [1.165, 1.54) is 16.2 Å². The zero-order valence-corrected chi connectivity index (χ0v) is 18.7. The number of imide groups is 1. The molecule has 1 aliphatic heterocycles. The number of para-hydroxylation sites is 1. The third-order valence-electron chi connectivity index (χ3n) is 5.08. The van der Waals surface area contributed by atoms with Crippen LogP contribution in [0.3, 0.4) is 0 Å². The number of benzene rings is 1. The van der Waals surface area contributed by atoms with E-state index in [1.807, 2.05) is 19.9 Å². The molecule has 0 aliphatic carbocycles. The van der Waals surface area contributed by atoms with E-state index in [4.69, 9.17) is 4.74 Å². The normalized spacial score (nSPS) is 16.1. The number of carbonyl (C=O) groups excluding carboxylic acids is 4. The number of nitrogens with zero attached hydrogens (tertiary/aromatic N) is 2. The number of anilines is 2. The molecule has 0 spiro atoms. The zero-order chi connectivity index (χ0) is 22.7. The largest absolute Gasteiger partial charge is 0.462 e. The van der Waals surface area contributed by atoms with Crippen molar-refractivity contribution in [1.29, 1.82) is 0 Å². The summed E-state index contributed by atoms with van der Waals surface area (Å²) in [5.41, 5.74) is 1.66. The molecule has 0 bridgehead atoms. The summed E-state index contributed by atoms with van der Waals surface area (Å²) in [6.45, 7) is 6.88. The van der Waals surface area contributed by atoms with E-state index in [0.717, 1.165) is 15.3 Å². The fourth-order valence-corrected chi connectivity index (χ4v) is 4.69. The van der Waals surface area contributed by atoms with Gasteiger partial charge in [-0.2, -0.15) is 0 Å². The summed E-state index contributed by atoms with van der Waals surface area (Å²) in [5.74, 6) is -1.52. The number of esters is 1. The highest BCUT2D eigenvalue weighted by atomic mass is 32.1. The Morgan fingerprint density at radius 3 is 2.45 bits per heavy atom. The molecule has 1 aliphatic rings. The van der Waals surface area contributed by atoms with E-state index in [9.17, 15) is 19.2 Å². The smallest absolute Gasteiger partial charge is 0.341 e. The Labute approximate surface area is 184 Å². The van der Waals surface area contributed by atoms with E-state index >= 15 is 0 Å². The molecule has 4 amide bonds. The minimum absolute atomic E-state index is 0.215. The van der Waals surface area contributed by atoms with Crippen LogP contribution in [0.2, 0.25) is 0 Å². The van der Waals surface area contributed by atoms with Gasteiger partial charge in [-0.1, -0.05) is 25.1 Å². The number of amides is 4. The first-order valence-electron chi connectivity index (χ1n) is 10.1. The Hall–Kier alpha value is -3.20. The summed E-state index contributed by atoms with van der Waals surface area (Å²) in [4.78, 5) is 53.9. The van der Waals surface area contributed by atoms with Crippen LogP contribution in [0.4, 0.5) is 15.5 Å². The molecule has 2 heterocycles. The Kier molecular flexibility index (Phi) is 6.74. The SMILES string of the molecule is CCOC(=O)c1c(NC(=O)CN2C(=O)C(C)N(c3ccccc3)C2=O)sc(CC)c1C. The number of urea groups is 1. The quantitative estimate of drug-likeness (QED) is 0.521. The Morgan fingerprint density at radius 2 is 1.84 bits per heavy atom. The summed E-state index contributed by atoms with van der Waals surface area (Å²) in [7, 11) is 0. The number of rotatable bonds is 7. The van der Waals surface area contributed by atoms with Gasteiger partial charge in [0.2, 0.25) is 5.91 Å². The van der Waals surface area contributed by atoms with Crippen molar-refractivity contribution in [2.45, 2.75) is 40.2 Å². The highest BCUT2D eigenvalue weighted by Crippen LogP contribution is 2.34. The van der Waals surface area contributed by atoms with Crippen LogP contribution in [0, 0.1) is 6.92 Å². The monoisotopic (exact) mass is 443 g/mol. The van der Waals surface area contributed by atoms with Crippen LogP contribution in [0.5, 0.6) is 0 Å². The van der Waals surface area contributed by atoms with Crippen molar-refractivity contribution in [3.8, 4) is 0 Å². The maximum absolute atomic E-state index is 12.9. The number of ether oxygens (including phenoxy) is 1. The maximum Gasteiger partial charge on any atom is 0.341 e. The molecule has 1 aromatic carbocycles. The zero-order valence-electron chi connectivity index (χ0n) is 17.9. The molecule has 1 saturated heterocycles. The van der Waals surface area contributed by atoms with Gasteiger partial charge in [0, 0.05) is 10.6 Å². The highest BCUT2D eigenvalue weighted by molar-refractivity contribution is 7.17. The Morgan fingerprint density at radius 1 is 1.16 bits per heavy atom. The minimum atomic E-state index is -0.714. The lowest BCUT2D eigenvalue weighted by Gasteiger charge is -2.19. The number of hydrogen-bond acceptors (Lipinski definition) is 6. The number of nitrogens with one attached hydrogen (secondary N) is 1. The van der Waals surface area contributed by atoms with Gasteiger partial charge in [-0.15, -0.1) is 11.3 Å². The van der Waals surface area contributed by atoms with E-state index in [2.05, 4.69) is 5.32 Å². The number of thiophene rings is 1. The molecule has 0 radical (unpaired) electrons. The van der Waals surface area contributed by atoms with Crippen LogP contribution in [0.15, 0.2) is 30.3 Å². The average molecular weight is 444 g/mol. The molecule has 3 rings (SSSR count). The van der Waals surface area contributed by atoms with Gasteiger partial charge in [0.25, 0.3) is 5.91 Å². The van der Waals surface area contributed by atoms with Gasteiger partial charge >= 0.3 is 12.0 Å². The Bertz CT molecular complexity index is 1020. The van der Waals surface area contributed by atoms with Gasteiger partial charge in [0.15, 0.2) is 0 Å². The van der Waals surface area contributed by atoms with Gasteiger partial charge in [0.1, 0.15) is 17.6 Å². The summed E-state index contributed by atoms with van der Waals surface area (Å²) >= 11 is 1.29. The number of carbonyl (C=O) groups is 4. The van der Waals surface area contributed by atoms with Crippen molar-refractivity contribution in [3.05, 3.63) is 46.3 Å². The topological polar surface area (TPSA) is 96.0 Å². The van der Waals surface area contributed by atoms with Gasteiger partial charge in [-0.25, -0.2) is 9.59 Å². The number of hydrogen-bond donors (Lipinski definition) is 1. The number of aryl methyl sites for hydroxylation is 1. The molecule has 9 heteroatoms. The standard InChI is InChI=1S/C22H25N3O5S/c1-5-16-13(3)18(21(28)30-6-2)19(31-16)23-17(26)12-24-20(27)14(4)25(22(24)29)15-10-8-7-9-11-15/h7-11,14H,5-6,12H2,1-4H3,(H,23,26). The lowest BCUT2D eigenvalue weighted by atomic mass is 10.1. The lowest BCUT2D eigenvalue weighted by Crippen LogP contribution is -2.39. The lowest BCUT2D eigenvalue weighted by molar-refractivity contribution is -0.130. The van der Waals surface area contributed by atoms with Crippen molar-refractivity contribution in [2.75, 3.05) is 23.4 Å². The highest BCUT2D eigenvalue weighted by Gasteiger charge is 2.44. The van der Waals surface area contributed by atoms with E-state index < -0.39 is 36.4 Å². The average Bonchev–Trinajstić information content (AvgIpc) is 3.17. The summed E-state index contributed by atoms with van der Waals surface area (Å²) in [5, 5.41) is 3.06. The van der Waals surface area contributed by atoms with E-state index in [-0.39, 0.29) is 6.61 Å². The molecule has 1 fully saturated rings. The van der Waals surface area contributed by atoms with Gasteiger partial charge in [-0.3, -0.25) is 19.4 Å². The second-order valence-corrected chi connectivity index (χ2v) is 8.17. The third kappa shape index (κ3) is 4.32. The van der Waals surface area contributed by atoms with Crippen LogP contribution in [0.25, 0.3) is 0 Å². The predicted octanol–water partition coefficient (Wildman–Crippen LogP) is 3.59. The molecule has 164 valence electrons. The fourth-order valence-electron chi connectivity index (χ4n) is 3.54. The molecule has 1 atom stereocenters. The van der Waals surface area contributed by atoms with Crippen molar-refractivity contribution >= 4 is 45.8 Å².